The smallest absolute Gasteiger partial charge is 0.253 e. The van der Waals surface area contributed by atoms with Crippen molar-refractivity contribution in [1.29, 1.82) is 0 Å². The first-order chi connectivity index (χ1) is 14.7. The van der Waals surface area contributed by atoms with Crippen LogP contribution in [0, 0.1) is 0 Å². The maximum absolute atomic E-state index is 12.8. The first-order valence-electron chi connectivity index (χ1n) is 10.6. The Labute approximate surface area is 177 Å². The van der Waals surface area contributed by atoms with Crippen molar-refractivity contribution in [2.45, 2.75) is 25.7 Å². The summed E-state index contributed by atoms with van der Waals surface area (Å²) in [4.78, 5) is 27.1. The summed E-state index contributed by atoms with van der Waals surface area (Å²) in [6.45, 7) is 1.78. The molecular formula is C25H27N3O2. The zero-order valence-electron chi connectivity index (χ0n) is 17.1. The van der Waals surface area contributed by atoms with Crippen molar-refractivity contribution in [1.82, 2.24) is 4.90 Å². The summed E-state index contributed by atoms with van der Waals surface area (Å²) in [6.07, 6.45) is 4.52. The van der Waals surface area contributed by atoms with Gasteiger partial charge in [0.15, 0.2) is 0 Å². The van der Waals surface area contributed by atoms with E-state index in [2.05, 4.69) is 10.6 Å². The number of rotatable bonds is 5. The minimum absolute atomic E-state index is 0.0705. The summed E-state index contributed by atoms with van der Waals surface area (Å²) in [5.74, 6) is -0.0595. The predicted molar refractivity (Wildman–Crippen MR) is 122 cm³/mol. The van der Waals surface area contributed by atoms with E-state index in [4.69, 9.17) is 0 Å². The lowest BCUT2D eigenvalue weighted by Gasteiger charge is -2.20. The second-order valence-electron chi connectivity index (χ2n) is 7.75. The number of likely N-dealkylation sites (tertiary alicyclic amines) is 1. The van der Waals surface area contributed by atoms with E-state index in [1.807, 2.05) is 71.6 Å². The van der Waals surface area contributed by atoms with Crippen molar-refractivity contribution in [2.75, 3.05) is 30.3 Å². The molecule has 0 aliphatic carbocycles. The van der Waals surface area contributed by atoms with E-state index in [9.17, 15) is 9.59 Å². The summed E-state index contributed by atoms with van der Waals surface area (Å²) in [5.41, 5.74) is 2.20. The highest BCUT2D eigenvalue weighted by Crippen LogP contribution is 2.19. The molecule has 1 saturated heterocycles. The molecule has 1 fully saturated rings. The third kappa shape index (κ3) is 4.98. The van der Waals surface area contributed by atoms with Crippen LogP contribution in [0.15, 0.2) is 66.7 Å². The Morgan fingerprint density at radius 3 is 2.33 bits per heavy atom. The molecule has 0 saturated carbocycles. The number of hydrogen-bond donors (Lipinski definition) is 2. The number of nitrogens with one attached hydrogen (secondary N) is 2. The van der Waals surface area contributed by atoms with E-state index in [1.165, 1.54) is 12.8 Å². The van der Waals surface area contributed by atoms with Gasteiger partial charge in [-0.3, -0.25) is 9.59 Å². The third-order valence-electron chi connectivity index (χ3n) is 5.49. The van der Waals surface area contributed by atoms with Crippen LogP contribution in [0.5, 0.6) is 0 Å². The van der Waals surface area contributed by atoms with E-state index in [0.717, 1.165) is 48.1 Å². The summed E-state index contributed by atoms with van der Waals surface area (Å²) in [6, 6.07) is 21.3. The van der Waals surface area contributed by atoms with Gasteiger partial charge in [-0.25, -0.2) is 0 Å². The van der Waals surface area contributed by atoms with Crippen LogP contribution >= 0.6 is 0 Å². The molecule has 2 amide bonds. The van der Waals surface area contributed by atoms with Crippen LogP contribution in [0.25, 0.3) is 10.8 Å². The van der Waals surface area contributed by atoms with Crippen molar-refractivity contribution in [3.8, 4) is 0 Å². The van der Waals surface area contributed by atoms with Crippen LogP contribution in [0.4, 0.5) is 11.4 Å². The molecule has 2 N–H and O–H groups in total. The van der Waals surface area contributed by atoms with Crippen LogP contribution in [-0.2, 0) is 4.79 Å². The minimum atomic E-state index is -0.130. The van der Waals surface area contributed by atoms with Crippen molar-refractivity contribution in [2.24, 2.45) is 0 Å². The maximum Gasteiger partial charge on any atom is 0.253 e. The van der Waals surface area contributed by atoms with Gasteiger partial charge in [0.1, 0.15) is 0 Å². The Kier molecular flexibility index (Phi) is 6.28. The molecule has 154 valence electrons. The average molecular weight is 402 g/mol. The first kappa shape index (κ1) is 20.0. The lowest BCUT2D eigenvalue weighted by molar-refractivity contribution is -0.114. The quantitative estimate of drug-likeness (QED) is 0.639. The Morgan fingerprint density at radius 2 is 1.53 bits per heavy atom. The summed E-state index contributed by atoms with van der Waals surface area (Å²) >= 11 is 0. The van der Waals surface area contributed by atoms with Crippen LogP contribution in [-0.4, -0.2) is 36.3 Å². The van der Waals surface area contributed by atoms with Gasteiger partial charge < -0.3 is 15.5 Å². The maximum atomic E-state index is 12.8. The van der Waals surface area contributed by atoms with Gasteiger partial charge in [0.25, 0.3) is 5.91 Å². The van der Waals surface area contributed by atoms with Crippen LogP contribution in [0.2, 0.25) is 0 Å². The number of anilines is 2. The van der Waals surface area contributed by atoms with Crippen molar-refractivity contribution in [3.05, 3.63) is 72.3 Å². The van der Waals surface area contributed by atoms with Gasteiger partial charge in [0, 0.05) is 30.0 Å². The predicted octanol–water partition coefficient (Wildman–Crippen LogP) is 4.91. The largest absolute Gasteiger partial charge is 0.376 e. The van der Waals surface area contributed by atoms with Crippen LogP contribution in [0.1, 0.15) is 36.0 Å². The second-order valence-corrected chi connectivity index (χ2v) is 7.75. The Morgan fingerprint density at radius 1 is 0.767 bits per heavy atom. The molecule has 1 aliphatic heterocycles. The van der Waals surface area contributed by atoms with Gasteiger partial charge in [0.2, 0.25) is 5.91 Å². The lowest BCUT2D eigenvalue weighted by atomic mass is 10.1. The number of carbonyl (C=O) groups is 2. The van der Waals surface area contributed by atoms with Gasteiger partial charge in [-0.05, 0) is 53.9 Å². The molecule has 4 rings (SSSR count). The van der Waals surface area contributed by atoms with E-state index in [1.54, 1.807) is 0 Å². The minimum Gasteiger partial charge on any atom is -0.376 e. The summed E-state index contributed by atoms with van der Waals surface area (Å²) in [5, 5.41) is 8.28. The van der Waals surface area contributed by atoms with Gasteiger partial charge in [-0.15, -0.1) is 0 Å². The second kappa shape index (κ2) is 9.44. The molecule has 0 unspecified atom stereocenters. The fourth-order valence-corrected chi connectivity index (χ4v) is 3.87. The fourth-order valence-electron chi connectivity index (χ4n) is 3.87. The molecule has 0 bridgehead atoms. The number of amides is 2. The molecule has 30 heavy (non-hydrogen) atoms. The SMILES string of the molecule is O=C(CNc1cccc(C(=O)N2CCCCCC2)c1)Nc1ccc2ccccc2c1. The monoisotopic (exact) mass is 401 g/mol. The first-order valence-corrected chi connectivity index (χ1v) is 10.6. The third-order valence-corrected chi connectivity index (χ3v) is 5.49. The van der Waals surface area contributed by atoms with Gasteiger partial charge in [-0.2, -0.15) is 0 Å². The van der Waals surface area contributed by atoms with E-state index < -0.39 is 0 Å². The van der Waals surface area contributed by atoms with Crippen molar-refractivity contribution in [3.63, 3.8) is 0 Å². The van der Waals surface area contributed by atoms with Gasteiger partial charge in [0.05, 0.1) is 6.54 Å². The average Bonchev–Trinajstić information content (AvgIpc) is 3.07. The standard InChI is InChI=1S/C25H27N3O2/c29-24(27-23-13-12-19-8-3-4-9-20(19)16-23)18-26-22-11-7-10-21(17-22)25(30)28-14-5-1-2-6-15-28/h3-4,7-13,16-17,26H,1-2,5-6,14-15,18H2,(H,27,29). The zero-order chi connectivity index (χ0) is 20.8. The molecule has 0 spiro atoms. The summed E-state index contributed by atoms with van der Waals surface area (Å²) < 4.78 is 0. The molecule has 0 radical (unpaired) electrons. The topological polar surface area (TPSA) is 61.4 Å². The van der Waals surface area contributed by atoms with E-state index in [-0.39, 0.29) is 18.4 Å². The highest BCUT2D eigenvalue weighted by molar-refractivity contribution is 5.97. The number of carbonyl (C=O) groups excluding carboxylic acids is 2. The number of nitrogens with zero attached hydrogens (tertiary/aromatic N) is 1. The molecular weight excluding hydrogens is 374 g/mol. The van der Waals surface area contributed by atoms with Crippen LogP contribution in [0.3, 0.4) is 0 Å². The molecule has 3 aromatic rings. The molecule has 1 heterocycles. The van der Waals surface area contributed by atoms with Gasteiger partial charge >= 0.3 is 0 Å². The highest BCUT2D eigenvalue weighted by Gasteiger charge is 2.17. The fraction of sp³-hybridized carbons (Fsp3) is 0.280. The number of fused-ring (bicyclic) bond motifs is 1. The molecule has 5 heteroatoms. The molecule has 1 aliphatic rings. The Bertz CT molecular complexity index is 1040. The molecule has 0 aromatic heterocycles. The molecule has 5 nitrogen and oxygen atoms in total. The van der Waals surface area contributed by atoms with Crippen LogP contribution < -0.4 is 10.6 Å². The highest BCUT2D eigenvalue weighted by atomic mass is 16.2. The molecule has 3 aromatic carbocycles. The number of benzene rings is 3. The van der Waals surface area contributed by atoms with Crippen molar-refractivity contribution < 1.29 is 9.59 Å². The van der Waals surface area contributed by atoms with E-state index >= 15 is 0 Å². The van der Waals surface area contributed by atoms with Gasteiger partial charge in [-0.1, -0.05) is 49.2 Å². The zero-order valence-corrected chi connectivity index (χ0v) is 17.1. The van der Waals surface area contributed by atoms with E-state index in [0.29, 0.717) is 5.56 Å². The molecule has 0 atom stereocenters. The lowest BCUT2D eigenvalue weighted by Crippen LogP contribution is -2.31. The summed E-state index contributed by atoms with van der Waals surface area (Å²) in [7, 11) is 0. The number of hydrogen-bond acceptors (Lipinski definition) is 3. The Hall–Kier alpha value is -3.34. The van der Waals surface area contributed by atoms with Crippen molar-refractivity contribution >= 4 is 34.0 Å². The normalized spacial score (nSPS) is 14.2. The Balaban J connectivity index is 1.35.